The molecule has 1 aliphatic carbocycles. The summed E-state index contributed by atoms with van der Waals surface area (Å²) in [6, 6.07) is 0. The second-order valence-electron chi connectivity index (χ2n) is 5.04. The van der Waals surface area contributed by atoms with Crippen molar-refractivity contribution in [3.05, 3.63) is 0 Å². The number of carboxylic acids is 1. The van der Waals surface area contributed by atoms with E-state index < -0.39 is 11.5 Å². The van der Waals surface area contributed by atoms with Crippen LogP contribution in [-0.2, 0) is 9.59 Å². The van der Waals surface area contributed by atoms with Crippen LogP contribution >= 0.6 is 0 Å². The van der Waals surface area contributed by atoms with E-state index in [0.717, 1.165) is 25.7 Å². The molecule has 17 heavy (non-hydrogen) atoms. The molecule has 0 bridgehead atoms. The molecule has 0 spiro atoms. The number of hydrogen-bond donors (Lipinski definition) is 2. The van der Waals surface area contributed by atoms with E-state index >= 15 is 0 Å². The Bertz CT molecular complexity index is 280. The minimum atomic E-state index is -1.00. The lowest BCUT2D eigenvalue weighted by Crippen LogP contribution is -2.56. The second kappa shape index (κ2) is 6.03. The maximum absolute atomic E-state index is 11.6. The van der Waals surface area contributed by atoms with E-state index in [-0.39, 0.29) is 5.91 Å². The van der Waals surface area contributed by atoms with Gasteiger partial charge in [0.05, 0.1) is 0 Å². The first-order valence-corrected chi connectivity index (χ1v) is 6.58. The summed E-state index contributed by atoms with van der Waals surface area (Å²) >= 11 is 0. The average Bonchev–Trinajstić information content (AvgIpc) is 2.30. The normalized spacial score (nSPS) is 28.7. The predicted molar refractivity (Wildman–Crippen MR) is 65.7 cm³/mol. The van der Waals surface area contributed by atoms with Crippen LogP contribution in [0, 0.1) is 5.92 Å². The molecule has 0 atom stereocenters. The molecule has 4 heteroatoms. The van der Waals surface area contributed by atoms with Crippen LogP contribution < -0.4 is 5.32 Å². The molecular weight excluding hydrogens is 218 g/mol. The zero-order valence-electron chi connectivity index (χ0n) is 10.8. The van der Waals surface area contributed by atoms with Crippen molar-refractivity contribution in [3.8, 4) is 0 Å². The fraction of sp³-hybridized carbons (Fsp3) is 0.846. The number of amides is 1. The van der Waals surface area contributed by atoms with Crippen molar-refractivity contribution in [2.24, 2.45) is 5.92 Å². The van der Waals surface area contributed by atoms with E-state index in [1.165, 1.54) is 0 Å². The molecule has 1 rings (SSSR count). The summed E-state index contributed by atoms with van der Waals surface area (Å²) in [6.07, 6.45) is 5.18. The van der Waals surface area contributed by atoms with Crippen molar-refractivity contribution < 1.29 is 14.7 Å². The van der Waals surface area contributed by atoms with Gasteiger partial charge in [-0.2, -0.15) is 0 Å². The van der Waals surface area contributed by atoms with Crippen LogP contribution in [0.5, 0.6) is 0 Å². The van der Waals surface area contributed by atoms with Crippen molar-refractivity contribution in [1.29, 1.82) is 0 Å². The zero-order chi connectivity index (χ0) is 12.9. The van der Waals surface area contributed by atoms with Gasteiger partial charge in [-0.25, -0.2) is 4.79 Å². The maximum atomic E-state index is 11.6. The SMILES string of the molecule is CCCC(=O)NC1(C(=O)O)CCC(CC)CC1. The monoisotopic (exact) mass is 241 g/mol. The average molecular weight is 241 g/mol. The first kappa shape index (κ1) is 14.0. The van der Waals surface area contributed by atoms with Gasteiger partial charge in [0.25, 0.3) is 0 Å². The van der Waals surface area contributed by atoms with Gasteiger partial charge in [0, 0.05) is 6.42 Å². The standard InChI is InChI=1S/C13H23NO3/c1-3-5-11(15)14-13(12(16)17)8-6-10(4-2)7-9-13/h10H,3-9H2,1-2H3,(H,14,15)(H,16,17). The Morgan fingerprint density at radius 3 is 2.29 bits per heavy atom. The Kier molecular flexibility index (Phi) is 4.97. The van der Waals surface area contributed by atoms with Crippen LogP contribution in [-0.4, -0.2) is 22.5 Å². The lowest BCUT2D eigenvalue weighted by molar-refractivity contribution is -0.149. The molecule has 1 aliphatic rings. The van der Waals surface area contributed by atoms with E-state index in [1.807, 2.05) is 6.92 Å². The number of nitrogens with one attached hydrogen (secondary N) is 1. The number of rotatable bonds is 5. The Morgan fingerprint density at radius 1 is 1.29 bits per heavy atom. The molecular formula is C13H23NO3. The van der Waals surface area contributed by atoms with E-state index in [1.54, 1.807) is 0 Å². The largest absolute Gasteiger partial charge is 0.480 e. The summed E-state index contributed by atoms with van der Waals surface area (Å²) in [7, 11) is 0. The van der Waals surface area contributed by atoms with E-state index in [0.29, 0.717) is 25.2 Å². The molecule has 1 fully saturated rings. The van der Waals surface area contributed by atoms with E-state index in [9.17, 15) is 14.7 Å². The summed E-state index contributed by atoms with van der Waals surface area (Å²) in [5.74, 6) is -0.396. The topological polar surface area (TPSA) is 66.4 Å². The molecule has 1 amide bonds. The van der Waals surface area contributed by atoms with Crippen molar-refractivity contribution >= 4 is 11.9 Å². The van der Waals surface area contributed by atoms with Gasteiger partial charge in [0.2, 0.25) is 5.91 Å². The summed E-state index contributed by atoms with van der Waals surface area (Å²) in [4.78, 5) is 23.0. The summed E-state index contributed by atoms with van der Waals surface area (Å²) < 4.78 is 0. The molecule has 0 aromatic carbocycles. The fourth-order valence-corrected chi connectivity index (χ4v) is 2.53. The van der Waals surface area contributed by atoms with Gasteiger partial charge in [-0.05, 0) is 38.0 Å². The van der Waals surface area contributed by atoms with Gasteiger partial charge in [-0.1, -0.05) is 20.3 Å². The minimum absolute atomic E-state index is 0.134. The van der Waals surface area contributed by atoms with E-state index in [2.05, 4.69) is 12.2 Å². The van der Waals surface area contributed by atoms with Crippen LogP contribution in [0.1, 0.15) is 58.8 Å². The van der Waals surface area contributed by atoms with Gasteiger partial charge in [0.15, 0.2) is 0 Å². The highest BCUT2D eigenvalue weighted by Crippen LogP contribution is 2.34. The second-order valence-corrected chi connectivity index (χ2v) is 5.04. The molecule has 0 aromatic rings. The van der Waals surface area contributed by atoms with Gasteiger partial charge < -0.3 is 10.4 Å². The summed E-state index contributed by atoms with van der Waals surface area (Å²) in [5.41, 5.74) is -1.00. The predicted octanol–water partition coefficient (Wildman–Crippen LogP) is 2.33. The number of carbonyl (C=O) groups is 2. The Morgan fingerprint density at radius 2 is 1.88 bits per heavy atom. The lowest BCUT2D eigenvalue weighted by Gasteiger charge is -2.37. The molecule has 0 saturated heterocycles. The summed E-state index contributed by atoms with van der Waals surface area (Å²) in [6.45, 7) is 4.05. The molecule has 0 heterocycles. The molecule has 4 nitrogen and oxygen atoms in total. The quantitative estimate of drug-likeness (QED) is 0.776. The molecule has 0 aromatic heterocycles. The Labute approximate surface area is 103 Å². The lowest BCUT2D eigenvalue weighted by atomic mass is 9.75. The number of carbonyl (C=O) groups excluding carboxylic acids is 1. The zero-order valence-corrected chi connectivity index (χ0v) is 10.8. The minimum Gasteiger partial charge on any atom is -0.480 e. The van der Waals surface area contributed by atoms with Crippen LogP contribution in [0.4, 0.5) is 0 Å². The third-order valence-corrected chi connectivity index (χ3v) is 3.80. The summed E-state index contributed by atoms with van der Waals surface area (Å²) in [5, 5.41) is 12.1. The number of aliphatic carboxylic acids is 1. The highest BCUT2D eigenvalue weighted by atomic mass is 16.4. The molecule has 0 aliphatic heterocycles. The number of hydrogen-bond acceptors (Lipinski definition) is 2. The van der Waals surface area contributed by atoms with Crippen molar-refractivity contribution in [2.75, 3.05) is 0 Å². The van der Waals surface area contributed by atoms with Crippen LogP contribution in [0.2, 0.25) is 0 Å². The first-order valence-electron chi connectivity index (χ1n) is 6.58. The Balaban J connectivity index is 2.65. The molecule has 0 radical (unpaired) electrons. The van der Waals surface area contributed by atoms with Crippen molar-refractivity contribution in [1.82, 2.24) is 5.32 Å². The van der Waals surface area contributed by atoms with E-state index in [4.69, 9.17) is 0 Å². The molecule has 1 saturated carbocycles. The highest BCUT2D eigenvalue weighted by Gasteiger charge is 2.42. The molecule has 0 unspecified atom stereocenters. The maximum Gasteiger partial charge on any atom is 0.329 e. The fourth-order valence-electron chi connectivity index (χ4n) is 2.53. The van der Waals surface area contributed by atoms with Gasteiger partial charge in [-0.15, -0.1) is 0 Å². The Hall–Kier alpha value is -1.06. The van der Waals surface area contributed by atoms with Crippen LogP contribution in [0.3, 0.4) is 0 Å². The van der Waals surface area contributed by atoms with Crippen LogP contribution in [0.15, 0.2) is 0 Å². The van der Waals surface area contributed by atoms with Crippen molar-refractivity contribution in [3.63, 3.8) is 0 Å². The van der Waals surface area contributed by atoms with Crippen LogP contribution in [0.25, 0.3) is 0 Å². The molecule has 98 valence electrons. The molecule has 2 N–H and O–H groups in total. The smallest absolute Gasteiger partial charge is 0.329 e. The first-order chi connectivity index (χ1) is 8.04. The third-order valence-electron chi connectivity index (χ3n) is 3.80. The van der Waals surface area contributed by atoms with Gasteiger partial charge in [-0.3, -0.25) is 4.79 Å². The van der Waals surface area contributed by atoms with Gasteiger partial charge >= 0.3 is 5.97 Å². The third kappa shape index (κ3) is 3.45. The van der Waals surface area contributed by atoms with Gasteiger partial charge in [0.1, 0.15) is 5.54 Å². The highest BCUT2D eigenvalue weighted by molar-refractivity contribution is 5.87. The van der Waals surface area contributed by atoms with Crippen molar-refractivity contribution in [2.45, 2.75) is 64.3 Å². The number of carboxylic acid groups (broad SMARTS) is 1.